The van der Waals surface area contributed by atoms with Gasteiger partial charge in [0.1, 0.15) is 5.75 Å². The number of rotatable bonds is 2. The van der Waals surface area contributed by atoms with Crippen LogP contribution in [0.3, 0.4) is 0 Å². The van der Waals surface area contributed by atoms with Crippen molar-refractivity contribution in [2.45, 2.75) is 26.7 Å². The number of phenols is 1. The van der Waals surface area contributed by atoms with Gasteiger partial charge >= 0.3 is 0 Å². The fourth-order valence-corrected chi connectivity index (χ4v) is 1.64. The highest BCUT2D eigenvalue weighted by atomic mass is 16.3. The lowest BCUT2D eigenvalue weighted by Gasteiger charge is -2.09. The number of aromatic hydroxyl groups is 1. The molecule has 1 aromatic heterocycles. The van der Waals surface area contributed by atoms with Crippen molar-refractivity contribution in [3.05, 3.63) is 35.7 Å². The minimum absolute atomic E-state index is 0.306. The van der Waals surface area contributed by atoms with Crippen molar-refractivity contribution >= 4 is 0 Å². The second kappa shape index (κ2) is 3.96. The summed E-state index contributed by atoms with van der Waals surface area (Å²) in [4.78, 5) is 0. The number of hydrogen-bond acceptors (Lipinski definition) is 3. The maximum absolute atomic E-state index is 9.87. The van der Waals surface area contributed by atoms with Crippen molar-refractivity contribution in [2.75, 3.05) is 0 Å². The van der Waals surface area contributed by atoms with Crippen molar-refractivity contribution in [3.63, 3.8) is 0 Å². The molecule has 84 valence electrons. The molecule has 1 aromatic carbocycles. The first-order valence-corrected chi connectivity index (χ1v) is 5.30. The third-order valence-electron chi connectivity index (χ3n) is 2.51. The van der Waals surface area contributed by atoms with Gasteiger partial charge in [-0.25, -0.2) is 4.68 Å². The highest BCUT2D eigenvalue weighted by molar-refractivity contribution is 5.44. The summed E-state index contributed by atoms with van der Waals surface area (Å²) in [6.45, 7) is 5.98. The molecule has 1 heterocycles. The van der Waals surface area contributed by atoms with E-state index in [0.29, 0.717) is 11.7 Å². The molecule has 16 heavy (non-hydrogen) atoms. The van der Waals surface area contributed by atoms with Crippen LogP contribution in [0.15, 0.2) is 24.4 Å². The minimum Gasteiger partial charge on any atom is -0.508 e. The van der Waals surface area contributed by atoms with Crippen LogP contribution in [-0.4, -0.2) is 20.1 Å². The van der Waals surface area contributed by atoms with Gasteiger partial charge in [0.25, 0.3) is 0 Å². The largest absolute Gasteiger partial charge is 0.508 e. The smallest absolute Gasteiger partial charge is 0.121 e. The third-order valence-corrected chi connectivity index (χ3v) is 2.51. The Morgan fingerprint density at radius 3 is 2.56 bits per heavy atom. The molecule has 0 saturated heterocycles. The van der Waals surface area contributed by atoms with Crippen LogP contribution < -0.4 is 0 Å². The number of phenolic OH excluding ortho intramolecular Hbond substituents is 1. The lowest BCUT2D eigenvalue weighted by molar-refractivity contribution is 0.464. The van der Waals surface area contributed by atoms with Crippen LogP contribution in [0.2, 0.25) is 0 Å². The average Bonchev–Trinajstić information content (AvgIpc) is 2.64. The van der Waals surface area contributed by atoms with Crippen molar-refractivity contribution in [1.29, 1.82) is 0 Å². The zero-order chi connectivity index (χ0) is 11.7. The predicted molar refractivity (Wildman–Crippen MR) is 61.8 cm³/mol. The van der Waals surface area contributed by atoms with Gasteiger partial charge < -0.3 is 5.11 Å². The summed E-state index contributed by atoms with van der Waals surface area (Å²) in [6, 6.07) is 5.57. The molecule has 0 aliphatic rings. The van der Waals surface area contributed by atoms with Crippen LogP contribution in [0.25, 0.3) is 5.69 Å². The first-order valence-electron chi connectivity index (χ1n) is 5.30. The Morgan fingerprint density at radius 1 is 1.31 bits per heavy atom. The van der Waals surface area contributed by atoms with Gasteiger partial charge in [-0.15, -0.1) is 5.10 Å². The molecule has 0 fully saturated rings. The molecule has 4 heteroatoms. The van der Waals surface area contributed by atoms with Gasteiger partial charge in [-0.2, -0.15) is 0 Å². The normalized spacial score (nSPS) is 11.0. The van der Waals surface area contributed by atoms with E-state index in [4.69, 9.17) is 0 Å². The minimum atomic E-state index is 0.306. The van der Waals surface area contributed by atoms with E-state index >= 15 is 0 Å². The molecule has 0 bridgehead atoms. The molecule has 0 radical (unpaired) electrons. The number of hydrogen-bond donors (Lipinski definition) is 1. The highest BCUT2D eigenvalue weighted by Crippen LogP contribution is 2.27. The lowest BCUT2D eigenvalue weighted by Crippen LogP contribution is -1.96. The van der Waals surface area contributed by atoms with Gasteiger partial charge in [0.2, 0.25) is 0 Å². The first kappa shape index (κ1) is 10.7. The maximum Gasteiger partial charge on any atom is 0.121 e. The van der Waals surface area contributed by atoms with Crippen LogP contribution in [0.5, 0.6) is 5.75 Å². The molecule has 4 nitrogen and oxygen atoms in total. The molecule has 0 aliphatic heterocycles. The molecule has 1 N–H and O–H groups in total. The Balaban J connectivity index is 2.42. The Bertz CT molecular complexity index is 503. The summed E-state index contributed by atoms with van der Waals surface area (Å²) in [6.07, 6.45) is 1.82. The number of benzene rings is 1. The summed E-state index contributed by atoms with van der Waals surface area (Å²) in [5.74, 6) is 0.618. The zero-order valence-corrected chi connectivity index (χ0v) is 9.68. The van der Waals surface area contributed by atoms with E-state index in [0.717, 1.165) is 16.9 Å². The molecule has 2 aromatic rings. The van der Waals surface area contributed by atoms with Crippen molar-refractivity contribution in [2.24, 2.45) is 0 Å². The molecule has 0 spiro atoms. The molecule has 2 rings (SSSR count). The van der Waals surface area contributed by atoms with E-state index in [-0.39, 0.29) is 0 Å². The lowest BCUT2D eigenvalue weighted by atomic mass is 10.0. The zero-order valence-electron chi connectivity index (χ0n) is 9.68. The van der Waals surface area contributed by atoms with E-state index in [9.17, 15) is 5.11 Å². The van der Waals surface area contributed by atoms with Gasteiger partial charge in [-0.05, 0) is 24.5 Å². The molecule has 0 unspecified atom stereocenters. The van der Waals surface area contributed by atoms with E-state index in [2.05, 4.69) is 10.3 Å². The predicted octanol–water partition coefficient (Wildman–Crippen LogP) is 2.40. The van der Waals surface area contributed by atoms with E-state index in [1.807, 2.05) is 39.1 Å². The van der Waals surface area contributed by atoms with Crippen molar-refractivity contribution in [1.82, 2.24) is 15.0 Å². The Hall–Kier alpha value is -1.84. The summed E-state index contributed by atoms with van der Waals surface area (Å²) in [7, 11) is 0. The third kappa shape index (κ3) is 1.91. The van der Waals surface area contributed by atoms with Crippen LogP contribution in [-0.2, 0) is 0 Å². The highest BCUT2D eigenvalue weighted by Gasteiger charge is 2.08. The molecule has 0 aliphatic carbocycles. The molecule has 0 saturated carbocycles. The fraction of sp³-hybridized carbons (Fsp3) is 0.333. The maximum atomic E-state index is 9.87. The average molecular weight is 217 g/mol. The molecule has 0 amide bonds. The summed E-state index contributed by atoms with van der Waals surface area (Å²) >= 11 is 0. The summed E-state index contributed by atoms with van der Waals surface area (Å²) < 4.78 is 1.65. The van der Waals surface area contributed by atoms with Crippen molar-refractivity contribution in [3.8, 4) is 11.4 Å². The van der Waals surface area contributed by atoms with Crippen LogP contribution in [0, 0.1) is 6.92 Å². The second-order valence-electron chi connectivity index (χ2n) is 4.20. The van der Waals surface area contributed by atoms with Gasteiger partial charge in [0.15, 0.2) is 0 Å². The molecular weight excluding hydrogens is 202 g/mol. The molecular formula is C12H15N3O. The van der Waals surface area contributed by atoms with Gasteiger partial charge in [-0.1, -0.05) is 25.1 Å². The number of aromatic nitrogens is 3. The SMILES string of the molecule is Cc1cn(-c2ccc(C(C)C)c(O)c2)nn1. The Morgan fingerprint density at radius 2 is 2.06 bits per heavy atom. The Kier molecular flexibility index (Phi) is 2.64. The monoisotopic (exact) mass is 217 g/mol. The Labute approximate surface area is 94.5 Å². The second-order valence-corrected chi connectivity index (χ2v) is 4.20. The standard InChI is InChI=1S/C12H15N3O/c1-8(2)11-5-4-10(6-12(11)16)15-7-9(3)13-14-15/h4-8,16H,1-3H3. The van der Waals surface area contributed by atoms with Crippen LogP contribution >= 0.6 is 0 Å². The topological polar surface area (TPSA) is 50.9 Å². The molecule has 0 atom stereocenters. The van der Waals surface area contributed by atoms with Gasteiger partial charge in [0, 0.05) is 6.07 Å². The van der Waals surface area contributed by atoms with E-state index in [1.165, 1.54) is 0 Å². The van der Waals surface area contributed by atoms with Crippen LogP contribution in [0.1, 0.15) is 31.0 Å². The quantitative estimate of drug-likeness (QED) is 0.840. The number of aryl methyl sites for hydroxylation is 1. The van der Waals surface area contributed by atoms with E-state index < -0.39 is 0 Å². The summed E-state index contributed by atoms with van der Waals surface area (Å²) in [5.41, 5.74) is 2.62. The van der Waals surface area contributed by atoms with E-state index in [1.54, 1.807) is 10.7 Å². The number of nitrogens with zero attached hydrogens (tertiary/aromatic N) is 3. The fourth-order valence-electron chi connectivity index (χ4n) is 1.64. The van der Waals surface area contributed by atoms with Crippen molar-refractivity contribution < 1.29 is 5.11 Å². The first-order chi connectivity index (χ1) is 7.58. The van der Waals surface area contributed by atoms with Crippen LogP contribution in [0.4, 0.5) is 0 Å². The summed E-state index contributed by atoms with van der Waals surface area (Å²) in [5, 5.41) is 17.7. The van der Waals surface area contributed by atoms with Gasteiger partial charge in [0.05, 0.1) is 17.6 Å². The van der Waals surface area contributed by atoms with Gasteiger partial charge in [-0.3, -0.25) is 0 Å².